The van der Waals surface area contributed by atoms with E-state index in [1.54, 1.807) is 36.6 Å². The average Bonchev–Trinajstić information content (AvgIpc) is 2.78. The maximum absolute atomic E-state index is 12.2. The van der Waals surface area contributed by atoms with Crippen LogP contribution in [0.2, 0.25) is 0 Å². The summed E-state index contributed by atoms with van der Waals surface area (Å²) >= 11 is 3.41. The molecule has 156 valence electrons. The van der Waals surface area contributed by atoms with Gasteiger partial charge in [0, 0.05) is 12.3 Å². The smallest absolute Gasteiger partial charge is 0.336 e. The summed E-state index contributed by atoms with van der Waals surface area (Å²) in [7, 11) is 1.48. The van der Waals surface area contributed by atoms with Gasteiger partial charge in [-0.2, -0.15) is 0 Å². The third kappa shape index (κ3) is 6.13. The van der Waals surface area contributed by atoms with Crippen LogP contribution in [0.3, 0.4) is 0 Å². The number of carboxylic acids is 1. The van der Waals surface area contributed by atoms with Crippen molar-refractivity contribution in [2.45, 2.75) is 0 Å². The van der Waals surface area contributed by atoms with Crippen LogP contribution in [0, 0.1) is 0 Å². The molecule has 0 aromatic heterocycles. The molecule has 0 atom stereocenters. The van der Waals surface area contributed by atoms with E-state index in [2.05, 4.69) is 20.9 Å². The third-order valence-corrected chi connectivity index (χ3v) is 4.73. The molecule has 0 saturated heterocycles. The molecule has 0 unspecified atom stereocenters. The highest BCUT2D eigenvalue weighted by Gasteiger charge is 2.14. The van der Waals surface area contributed by atoms with Gasteiger partial charge in [-0.1, -0.05) is 30.3 Å². The molecule has 0 heterocycles. The zero-order chi connectivity index (χ0) is 22.2. The lowest BCUT2D eigenvalue weighted by Crippen LogP contribution is -2.06. The highest BCUT2D eigenvalue weighted by molar-refractivity contribution is 9.10. The van der Waals surface area contributed by atoms with Crippen LogP contribution < -0.4 is 9.47 Å². The first-order chi connectivity index (χ1) is 15.0. The minimum Gasteiger partial charge on any atom is -0.493 e. The van der Waals surface area contributed by atoms with Gasteiger partial charge in [-0.25, -0.2) is 9.59 Å². The number of carbonyl (C=O) groups excluding carboxylic acids is 1. The van der Waals surface area contributed by atoms with Gasteiger partial charge in [-0.05, 0) is 69.5 Å². The van der Waals surface area contributed by atoms with Gasteiger partial charge in [0.2, 0.25) is 0 Å². The average molecular weight is 480 g/mol. The van der Waals surface area contributed by atoms with Gasteiger partial charge >= 0.3 is 11.9 Å². The monoisotopic (exact) mass is 479 g/mol. The van der Waals surface area contributed by atoms with E-state index in [4.69, 9.17) is 14.6 Å². The Balaban J connectivity index is 1.75. The fraction of sp³-hybridized carbons (Fsp3) is 0.0417. The number of aliphatic imine (C=N–C) groups is 1. The highest BCUT2D eigenvalue weighted by Crippen LogP contribution is 2.36. The van der Waals surface area contributed by atoms with Gasteiger partial charge < -0.3 is 14.6 Å². The van der Waals surface area contributed by atoms with Crippen LogP contribution in [0.1, 0.15) is 21.5 Å². The summed E-state index contributed by atoms with van der Waals surface area (Å²) in [6.07, 6.45) is 4.61. The SMILES string of the molecule is COc1cc(/C=N/c2ccc(C(=O)O)cc2)cc(Br)c1OC(=O)C=Cc1ccccc1. The number of esters is 1. The molecule has 31 heavy (non-hydrogen) atoms. The molecule has 7 heteroatoms. The standard InChI is InChI=1S/C24H18BrNO5/c1-30-21-14-17(15-26-19-10-8-18(9-11-19)24(28)29)13-20(25)23(21)31-22(27)12-7-16-5-3-2-4-6-16/h2-15H,1H3,(H,28,29)/b12-7?,26-15+. The molecule has 6 nitrogen and oxygen atoms in total. The second kappa shape index (κ2) is 10.4. The van der Waals surface area contributed by atoms with Crippen LogP contribution in [0.4, 0.5) is 5.69 Å². The molecule has 0 aliphatic carbocycles. The van der Waals surface area contributed by atoms with Gasteiger partial charge in [0.15, 0.2) is 11.5 Å². The topological polar surface area (TPSA) is 85.2 Å². The number of rotatable bonds is 7. The quantitative estimate of drug-likeness (QED) is 0.208. The number of methoxy groups -OCH3 is 1. The maximum Gasteiger partial charge on any atom is 0.336 e. The number of hydrogen-bond acceptors (Lipinski definition) is 5. The summed E-state index contributed by atoms with van der Waals surface area (Å²) in [5.74, 6) is -0.914. The largest absolute Gasteiger partial charge is 0.493 e. The molecule has 0 radical (unpaired) electrons. The number of nitrogens with zero attached hydrogens (tertiary/aromatic N) is 1. The first kappa shape index (κ1) is 22.0. The molecular weight excluding hydrogens is 462 g/mol. The predicted octanol–water partition coefficient (Wildman–Crippen LogP) is 5.53. The lowest BCUT2D eigenvalue weighted by atomic mass is 10.2. The van der Waals surface area contributed by atoms with Crippen molar-refractivity contribution in [2.75, 3.05) is 7.11 Å². The van der Waals surface area contributed by atoms with Crippen molar-refractivity contribution in [2.24, 2.45) is 4.99 Å². The molecule has 0 saturated carbocycles. The highest BCUT2D eigenvalue weighted by atomic mass is 79.9. The summed E-state index contributed by atoms with van der Waals surface area (Å²) in [6.45, 7) is 0. The van der Waals surface area contributed by atoms with E-state index in [0.717, 1.165) is 5.56 Å². The number of halogens is 1. The van der Waals surface area contributed by atoms with Crippen molar-refractivity contribution in [1.82, 2.24) is 0 Å². The Morgan fingerprint density at radius 2 is 1.71 bits per heavy atom. The Morgan fingerprint density at radius 1 is 1.00 bits per heavy atom. The summed E-state index contributed by atoms with van der Waals surface area (Å²) in [5.41, 5.74) is 2.37. The van der Waals surface area contributed by atoms with Crippen LogP contribution in [-0.4, -0.2) is 30.4 Å². The second-order valence-electron chi connectivity index (χ2n) is 6.31. The first-order valence-corrected chi connectivity index (χ1v) is 9.95. The van der Waals surface area contributed by atoms with E-state index in [1.807, 2.05) is 30.3 Å². The third-order valence-electron chi connectivity index (χ3n) is 4.14. The molecular formula is C24H18BrNO5. The first-order valence-electron chi connectivity index (χ1n) is 9.16. The Hall–Kier alpha value is -3.71. The normalized spacial score (nSPS) is 11.0. The zero-order valence-corrected chi connectivity index (χ0v) is 18.1. The molecule has 0 fully saturated rings. The van der Waals surface area contributed by atoms with Crippen LogP contribution in [-0.2, 0) is 4.79 Å². The second-order valence-corrected chi connectivity index (χ2v) is 7.16. The summed E-state index contributed by atoms with van der Waals surface area (Å²) < 4.78 is 11.3. The van der Waals surface area contributed by atoms with Crippen LogP contribution in [0.5, 0.6) is 11.5 Å². The van der Waals surface area contributed by atoms with Crippen molar-refractivity contribution in [3.05, 3.63) is 94.0 Å². The lowest BCUT2D eigenvalue weighted by molar-refractivity contribution is -0.129. The van der Waals surface area contributed by atoms with Gasteiger partial charge in [-0.3, -0.25) is 4.99 Å². The number of aromatic carboxylic acids is 1. The summed E-state index contributed by atoms with van der Waals surface area (Å²) in [5, 5.41) is 8.95. The number of carbonyl (C=O) groups is 2. The van der Waals surface area contributed by atoms with E-state index >= 15 is 0 Å². The number of hydrogen-bond donors (Lipinski definition) is 1. The lowest BCUT2D eigenvalue weighted by Gasteiger charge is -2.11. The number of ether oxygens (including phenoxy) is 2. The maximum atomic E-state index is 12.2. The van der Waals surface area contributed by atoms with Crippen molar-refractivity contribution in [1.29, 1.82) is 0 Å². The Kier molecular flexibility index (Phi) is 7.35. The fourth-order valence-corrected chi connectivity index (χ4v) is 3.16. The molecule has 0 spiro atoms. The van der Waals surface area contributed by atoms with Crippen molar-refractivity contribution in [3.63, 3.8) is 0 Å². The minimum atomic E-state index is -0.993. The number of carboxylic acid groups (broad SMARTS) is 1. The van der Waals surface area contributed by atoms with E-state index in [-0.39, 0.29) is 11.3 Å². The van der Waals surface area contributed by atoms with Crippen LogP contribution in [0.25, 0.3) is 6.08 Å². The molecule has 3 aromatic carbocycles. The van der Waals surface area contributed by atoms with Crippen molar-refractivity contribution >= 4 is 45.8 Å². The molecule has 0 amide bonds. The van der Waals surface area contributed by atoms with Gasteiger partial charge in [0.05, 0.1) is 22.8 Å². The van der Waals surface area contributed by atoms with E-state index < -0.39 is 11.9 Å². The van der Waals surface area contributed by atoms with Gasteiger partial charge in [-0.15, -0.1) is 0 Å². The zero-order valence-electron chi connectivity index (χ0n) is 16.5. The predicted molar refractivity (Wildman–Crippen MR) is 122 cm³/mol. The van der Waals surface area contributed by atoms with Gasteiger partial charge in [0.25, 0.3) is 0 Å². The van der Waals surface area contributed by atoms with E-state index in [9.17, 15) is 9.59 Å². The van der Waals surface area contributed by atoms with Crippen LogP contribution >= 0.6 is 15.9 Å². The van der Waals surface area contributed by atoms with Crippen molar-refractivity contribution < 1.29 is 24.2 Å². The molecule has 3 aromatic rings. The molecule has 3 rings (SSSR count). The van der Waals surface area contributed by atoms with Gasteiger partial charge in [0.1, 0.15) is 0 Å². The van der Waals surface area contributed by atoms with Crippen LogP contribution in [0.15, 0.2) is 82.3 Å². The molecule has 0 aliphatic rings. The molecule has 0 aliphatic heterocycles. The van der Waals surface area contributed by atoms with E-state index in [1.165, 1.54) is 25.3 Å². The molecule has 0 bridgehead atoms. The molecule has 1 N–H and O–H groups in total. The Labute approximate surface area is 187 Å². The summed E-state index contributed by atoms with van der Waals surface area (Å²) in [6, 6.07) is 19.0. The Bertz CT molecular complexity index is 1140. The fourth-order valence-electron chi connectivity index (χ4n) is 2.62. The number of benzene rings is 3. The summed E-state index contributed by atoms with van der Waals surface area (Å²) in [4.78, 5) is 27.5. The van der Waals surface area contributed by atoms with Crippen molar-refractivity contribution in [3.8, 4) is 11.5 Å². The minimum absolute atomic E-state index is 0.191. The van der Waals surface area contributed by atoms with E-state index in [0.29, 0.717) is 21.5 Å². The Morgan fingerprint density at radius 3 is 2.35 bits per heavy atom.